The van der Waals surface area contributed by atoms with Crippen molar-refractivity contribution in [2.24, 2.45) is 0 Å². The Balaban J connectivity index is 1.76. The Bertz CT molecular complexity index is 903. The molecule has 5 heteroatoms. The number of amides is 1. The maximum Gasteiger partial charge on any atom is 0.335 e. The highest BCUT2D eigenvalue weighted by Gasteiger charge is 2.21. The minimum Gasteiger partial charge on any atom is -0.478 e. The topological polar surface area (TPSA) is 69.6 Å². The number of hydrogen-bond acceptors (Lipinski definition) is 3. The first-order valence-corrected chi connectivity index (χ1v) is 11.5. The van der Waals surface area contributed by atoms with Gasteiger partial charge >= 0.3 is 5.97 Å². The fourth-order valence-corrected chi connectivity index (χ4v) is 4.49. The third-order valence-electron chi connectivity index (χ3n) is 6.07. The second kappa shape index (κ2) is 11.0. The van der Waals surface area contributed by atoms with Gasteiger partial charge in [0, 0.05) is 18.8 Å². The van der Waals surface area contributed by atoms with Gasteiger partial charge in [-0.05, 0) is 60.9 Å². The molecule has 5 nitrogen and oxygen atoms in total. The second-order valence-electron chi connectivity index (χ2n) is 8.34. The van der Waals surface area contributed by atoms with Crippen molar-refractivity contribution in [1.29, 1.82) is 0 Å². The summed E-state index contributed by atoms with van der Waals surface area (Å²) >= 11 is 0. The Morgan fingerprint density at radius 3 is 2.48 bits per heavy atom. The number of carbonyl (C=O) groups excluding carboxylic acids is 1. The van der Waals surface area contributed by atoms with Gasteiger partial charge in [-0.3, -0.25) is 4.79 Å². The summed E-state index contributed by atoms with van der Waals surface area (Å²) in [4.78, 5) is 26.8. The minimum absolute atomic E-state index is 0.0282. The van der Waals surface area contributed by atoms with Crippen LogP contribution in [0.1, 0.15) is 79.0 Å². The van der Waals surface area contributed by atoms with Gasteiger partial charge in [-0.1, -0.05) is 50.6 Å². The second-order valence-corrected chi connectivity index (χ2v) is 8.34. The summed E-state index contributed by atoms with van der Waals surface area (Å²) in [5.74, 6) is -0.956. The number of para-hydroxylation sites is 1. The predicted molar refractivity (Wildman–Crippen MR) is 125 cm³/mol. The van der Waals surface area contributed by atoms with E-state index in [0.717, 1.165) is 37.1 Å². The average Bonchev–Trinajstić information content (AvgIpc) is 2.79. The molecule has 3 rings (SSSR count). The van der Waals surface area contributed by atoms with E-state index in [1.54, 1.807) is 12.1 Å². The van der Waals surface area contributed by atoms with Crippen LogP contribution < -0.4 is 10.2 Å². The van der Waals surface area contributed by atoms with Gasteiger partial charge in [-0.25, -0.2) is 4.79 Å². The molecule has 1 aliphatic heterocycles. The largest absolute Gasteiger partial charge is 0.478 e. The predicted octanol–water partition coefficient (Wildman–Crippen LogP) is 5.14. The first kappa shape index (κ1) is 22.9. The van der Waals surface area contributed by atoms with Crippen molar-refractivity contribution in [2.75, 3.05) is 18.0 Å². The lowest BCUT2D eigenvalue weighted by Gasteiger charge is -2.32. The Labute approximate surface area is 185 Å². The summed E-state index contributed by atoms with van der Waals surface area (Å²) in [6.45, 7) is 6.21. The van der Waals surface area contributed by atoms with Crippen molar-refractivity contribution in [2.45, 2.75) is 64.8 Å². The third kappa shape index (κ3) is 5.87. The molecule has 2 aromatic rings. The van der Waals surface area contributed by atoms with E-state index in [-0.39, 0.29) is 18.4 Å². The number of aromatic carboxylic acids is 1. The normalized spacial score (nSPS) is 14.8. The van der Waals surface area contributed by atoms with Crippen LogP contribution >= 0.6 is 0 Å². The van der Waals surface area contributed by atoms with Crippen LogP contribution in [0.5, 0.6) is 0 Å². The van der Waals surface area contributed by atoms with E-state index >= 15 is 0 Å². The SMILES string of the molecule is CCCC(NC(=O)Cc1ccc(C(=O)O)c(CC)c1)c1ccccc1N1CCCCC1. The Kier molecular flexibility index (Phi) is 8.10. The molecule has 2 N–H and O–H groups in total. The smallest absolute Gasteiger partial charge is 0.335 e. The number of carboxylic acid groups (broad SMARTS) is 1. The quantitative estimate of drug-likeness (QED) is 0.587. The van der Waals surface area contributed by atoms with Gasteiger partial charge in [-0.2, -0.15) is 0 Å². The average molecular weight is 423 g/mol. The summed E-state index contributed by atoms with van der Waals surface area (Å²) in [6, 6.07) is 13.6. The number of benzene rings is 2. The van der Waals surface area contributed by atoms with Crippen molar-refractivity contribution < 1.29 is 14.7 Å². The van der Waals surface area contributed by atoms with Gasteiger partial charge in [0.1, 0.15) is 0 Å². The number of nitrogens with one attached hydrogen (secondary N) is 1. The number of carbonyl (C=O) groups is 2. The van der Waals surface area contributed by atoms with Crippen LogP contribution in [-0.4, -0.2) is 30.1 Å². The molecule has 1 heterocycles. The highest BCUT2D eigenvalue weighted by Crippen LogP contribution is 2.31. The van der Waals surface area contributed by atoms with E-state index in [4.69, 9.17) is 0 Å². The lowest BCUT2D eigenvalue weighted by Crippen LogP contribution is -2.34. The van der Waals surface area contributed by atoms with Crippen molar-refractivity contribution in [3.8, 4) is 0 Å². The minimum atomic E-state index is -0.926. The molecule has 0 radical (unpaired) electrons. The number of anilines is 1. The van der Waals surface area contributed by atoms with E-state index < -0.39 is 5.97 Å². The standard InChI is InChI=1S/C26H34N2O3/c1-3-10-23(22-11-6-7-12-24(22)28-15-8-5-9-16-28)27-25(29)18-19-13-14-21(26(30)31)20(4-2)17-19/h6-7,11-14,17,23H,3-5,8-10,15-16,18H2,1-2H3,(H,27,29)(H,30,31). The van der Waals surface area contributed by atoms with Gasteiger partial charge < -0.3 is 15.3 Å². The highest BCUT2D eigenvalue weighted by atomic mass is 16.4. The van der Waals surface area contributed by atoms with Crippen LogP contribution in [-0.2, 0) is 17.6 Å². The van der Waals surface area contributed by atoms with E-state index in [1.807, 2.05) is 13.0 Å². The molecule has 0 saturated carbocycles. The molecular formula is C26H34N2O3. The van der Waals surface area contributed by atoms with Crippen molar-refractivity contribution in [3.05, 3.63) is 64.7 Å². The number of piperidine rings is 1. The Morgan fingerprint density at radius 2 is 1.81 bits per heavy atom. The van der Waals surface area contributed by atoms with Gasteiger partial charge in [0.15, 0.2) is 0 Å². The van der Waals surface area contributed by atoms with E-state index in [2.05, 4.69) is 41.4 Å². The number of hydrogen-bond donors (Lipinski definition) is 2. The van der Waals surface area contributed by atoms with Gasteiger partial charge in [0.25, 0.3) is 0 Å². The lowest BCUT2D eigenvalue weighted by molar-refractivity contribution is -0.121. The Hall–Kier alpha value is -2.82. The third-order valence-corrected chi connectivity index (χ3v) is 6.07. The molecule has 0 aromatic heterocycles. The van der Waals surface area contributed by atoms with Crippen LogP contribution in [0.2, 0.25) is 0 Å². The van der Waals surface area contributed by atoms with Crippen LogP contribution in [0.15, 0.2) is 42.5 Å². The molecule has 2 aromatic carbocycles. The van der Waals surface area contributed by atoms with E-state index in [9.17, 15) is 14.7 Å². The Morgan fingerprint density at radius 1 is 1.06 bits per heavy atom. The van der Waals surface area contributed by atoms with Crippen molar-refractivity contribution >= 4 is 17.6 Å². The van der Waals surface area contributed by atoms with Crippen LogP contribution in [0.25, 0.3) is 0 Å². The molecule has 31 heavy (non-hydrogen) atoms. The molecule has 0 spiro atoms. The van der Waals surface area contributed by atoms with Crippen LogP contribution in [0, 0.1) is 0 Å². The summed E-state index contributed by atoms with van der Waals surface area (Å²) in [5.41, 5.74) is 4.35. The first-order valence-electron chi connectivity index (χ1n) is 11.5. The van der Waals surface area contributed by atoms with Gasteiger partial charge in [-0.15, -0.1) is 0 Å². The van der Waals surface area contributed by atoms with Crippen LogP contribution in [0.4, 0.5) is 5.69 Å². The maximum atomic E-state index is 12.9. The number of nitrogens with zero attached hydrogens (tertiary/aromatic N) is 1. The molecular weight excluding hydrogens is 388 g/mol. The number of aryl methyl sites for hydroxylation is 1. The zero-order chi connectivity index (χ0) is 22.2. The van der Waals surface area contributed by atoms with Gasteiger partial charge in [0.2, 0.25) is 5.91 Å². The maximum absolute atomic E-state index is 12.9. The molecule has 1 fully saturated rings. The lowest BCUT2D eigenvalue weighted by atomic mass is 9.97. The summed E-state index contributed by atoms with van der Waals surface area (Å²) in [7, 11) is 0. The monoisotopic (exact) mass is 422 g/mol. The van der Waals surface area contributed by atoms with Crippen LogP contribution in [0.3, 0.4) is 0 Å². The van der Waals surface area contributed by atoms with E-state index in [1.165, 1.54) is 30.5 Å². The molecule has 1 atom stereocenters. The fourth-order valence-electron chi connectivity index (χ4n) is 4.49. The molecule has 0 bridgehead atoms. The molecule has 1 saturated heterocycles. The first-order chi connectivity index (χ1) is 15.0. The summed E-state index contributed by atoms with van der Waals surface area (Å²) in [6.07, 6.45) is 6.45. The molecule has 0 aliphatic carbocycles. The van der Waals surface area contributed by atoms with Crippen molar-refractivity contribution in [1.82, 2.24) is 5.32 Å². The molecule has 1 amide bonds. The highest BCUT2D eigenvalue weighted by molar-refractivity contribution is 5.89. The van der Waals surface area contributed by atoms with E-state index in [0.29, 0.717) is 12.0 Å². The zero-order valence-electron chi connectivity index (χ0n) is 18.7. The fraction of sp³-hybridized carbons (Fsp3) is 0.462. The zero-order valence-corrected chi connectivity index (χ0v) is 18.7. The van der Waals surface area contributed by atoms with Gasteiger partial charge in [0.05, 0.1) is 18.0 Å². The molecule has 166 valence electrons. The number of rotatable bonds is 9. The summed E-state index contributed by atoms with van der Waals surface area (Å²) in [5, 5.41) is 12.6. The summed E-state index contributed by atoms with van der Waals surface area (Å²) < 4.78 is 0. The van der Waals surface area contributed by atoms with Crippen molar-refractivity contribution in [3.63, 3.8) is 0 Å². The number of carboxylic acids is 1. The molecule has 1 unspecified atom stereocenters. The molecule has 1 aliphatic rings.